The molecule has 0 aromatic heterocycles. The van der Waals surface area contributed by atoms with Crippen molar-refractivity contribution >= 4 is 40.5 Å². The zero-order valence-corrected chi connectivity index (χ0v) is 17.4. The first-order valence-corrected chi connectivity index (χ1v) is 9.77. The summed E-state index contributed by atoms with van der Waals surface area (Å²) in [6.07, 6.45) is 1.60. The Bertz CT molecular complexity index is 963. The van der Waals surface area contributed by atoms with Crippen molar-refractivity contribution in [3.05, 3.63) is 64.3 Å². The van der Waals surface area contributed by atoms with Gasteiger partial charge in [-0.05, 0) is 30.3 Å². The van der Waals surface area contributed by atoms with Gasteiger partial charge in [0.1, 0.15) is 17.4 Å². The Morgan fingerprint density at radius 1 is 1.17 bits per heavy atom. The van der Waals surface area contributed by atoms with E-state index < -0.39 is 5.91 Å². The van der Waals surface area contributed by atoms with Gasteiger partial charge >= 0.3 is 0 Å². The summed E-state index contributed by atoms with van der Waals surface area (Å²) in [7, 11) is 1.66. The number of para-hydroxylation sites is 2. The summed E-state index contributed by atoms with van der Waals surface area (Å²) in [5.41, 5.74) is 1.46. The number of carbonyl (C=O) groups excluding carboxylic acids is 1. The van der Waals surface area contributed by atoms with Gasteiger partial charge < -0.3 is 19.9 Å². The van der Waals surface area contributed by atoms with Crippen molar-refractivity contribution in [2.24, 2.45) is 0 Å². The average Bonchev–Trinajstić information content (AvgIpc) is 2.74. The number of ether oxygens (including phenoxy) is 1. The SMILES string of the molecule is COc1ccccc1N1CCN(/C=C(/C#N)C(=O)Nc2ccc(Cl)cc2Cl)CC1. The van der Waals surface area contributed by atoms with E-state index in [1.54, 1.807) is 25.4 Å². The van der Waals surface area contributed by atoms with Crippen LogP contribution in [0.15, 0.2) is 54.2 Å². The van der Waals surface area contributed by atoms with Crippen LogP contribution in [0, 0.1) is 11.3 Å². The zero-order chi connectivity index (χ0) is 20.8. The summed E-state index contributed by atoms with van der Waals surface area (Å²) in [5.74, 6) is 0.317. The van der Waals surface area contributed by atoms with Gasteiger partial charge in [-0.3, -0.25) is 4.79 Å². The summed E-state index contributed by atoms with van der Waals surface area (Å²) in [4.78, 5) is 16.7. The quantitative estimate of drug-likeness (QED) is 0.569. The predicted octanol–water partition coefficient (Wildman–Crippen LogP) is 4.17. The lowest BCUT2D eigenvalue weighted by molar-refractivity contribution is -0.112. The van der Waals surface area contributed by atoms with Gasteiger partial charge in [0.15, 0.2) is 0 Å². The van der Waals surface area contributed by atoms with E-state index in [0.717, 1.165) is 24.5 Å². The third-order valence-corrected chi connectivity index (χ3v) is 5.14. The Hall–Kier alpha value is -2.88. The molecule has 29 heavy (non-hydrogen) atoms. The molecule has 1 heterocycles. The number of amides is 1. The van der Waals surface area contributed by atoms with E-state index in [1.165, 1.54) is 6.07 Å². The minimum absolute atomic E-state index is 0.0155. The first-order valence-electron chi connectivity index (χ1n) is 9.02. The number of halogens is 2. The normalized spacial score (nSPS) is 14.3. The third kappa shape index (κ3) is 5.14. The van der Waals surface area contributed by atoms with E-state index in [2.05, 4.69) is 10.2 Å². The third-order valence-electron chi connectivity index (χ3n) is 4.60. The molecule has 0 aliphatic carbocycles. The van der Waals surface area contributed by atoms with E-state index in [9.17, 15) is 10.1 Å². The maximum absolute atomic E-state index is 12.5. The number of hydrogen-bond acceptors (Lipinski definition) is 5. The van der Waals surface area contributed by atoms with Crippen LogP contribution in [0.4, 0.5) is 11.4 Å². The molecule has 6 nitrogen and oxygen atoms in total. The largest absolute Gasteiger partial charge is 0.495 e. The second-order valence-corrected chi connectivity index (χ2v) is 7.27. The van der Waals surface area contributed by atoms with Crippen molar-refractivity contribution in [1.29, 1.82) is 5.26 Å². The number of nitrogens with one attached hydrogen (secondary N) is 1. The average molecular weight is 431 g/mol. The molecule has 0 saturated carbocycles. The van der Waals surface area contributed by atoms with Crippen LogP contribution in [0.3, 0.4) is 0 Å². The van der Waals surface area contributed by atoms with Crippen molar-refractivity contribution in [1.82, 2.24) is 4.90 Å². The predicted molar refractivity (Wildman–Crippen MR) is 116 cm³/mol. The van der Waals surface area contributed by atoms with Gasteiger partial charge in [0.2, 0.25) is 0 Å². The highest BCUT2D eigenvalue weighted by Gasteiger charge is 2.20. The molecule has 0 atom stereocenters. The lowest BCUT2D eigenvalue weighted by atomic mass is 10.2. The van der Waals surface area contributed by atoms with Crippen molar-refractivity contribution in [2.75, 3.05) is 43.5 Å². The molecular formula is C21H20Cl2N4O2. The van der Waals surface area contributed by atoms with Crippen LogP contribution in [-0.2, 0) is 4.79 Å². The number of piperazine rings is 1. The minimum atomic E-state index is -0.510. The number of carbonyl (C=O) groups is 1. The van der Waals surface area contributed by atoms with Gasteiger partial charge in [-0.1, -0.05) is 35.3 Å². The number of methoxy groups -OCH3 is 1. The van der Waals surface area contributed by atoms with E-state index in [-0.39, 0.29) is 5.57 Å². The molecule has 150 valence electrons. The molecule has 0 unspecified atom stereocenters. The van der Waals surface area contributed by atoms with Crippen LogP contribution >= 0.6 is 23.2 Å². The second-order valence-electron chi connectivity index (χ2n) is 6.43. The summed E-state index contributed by atoms with van der Waals surface area (Å²) >= 11 is 12.0. The van der Waals surface area contributed by atoms with Gasteiger partial charge in [0.05, 0.1) is 23.5 Å². The zero-order valence-electron chi connectivity index (χ0n) is 15.9. The standard InChI is InChI=1S/C21H20Cl2N4O2/c1-29-20-5-3-2-4-19(20)27-10-8-26(9-11-27)14-15(13-24)21(28)25-18-7-6-16(22)12-17(18)23/h2-7,12,14H,8-11H2,1H3,(H,25,28)/b15-14-. The number of hydrogen-bond donors (Lipinski definition) is 1. The molecule has 1 N–H and O–H groups in total. The van der Waals surface area contributed by atoms with Gasteiger partial charge in [-0.2, -0.15) is 5.26 Å². The van der Waals surface area contributed by atoms with Crippen LogP contribution in [-0.4, -0.2) is 44.1 Å². The highest BCUT2D eigenvalue weighted by atomic mass is 35.5. The molecule has 2 aromatic carbocycles. The van der Waals surface area contributed by atoms with Crippen molar-refractivity contribution in [3.8, 4) is 11.8 Å². The summed E-state index contributed by atoms with van der Waals surface area (Å²) in [6, 6.07) is 14.6. The molecular weight excluding hydrogens is 411 g/mol. The Labute approximate surface area is 179 Å². The lowest BCUT2D eigenvalue weighted by Crippen LogP contribution is -2.44. The number of benzene rings is 2. The molecule has 1 aliphatic heterocycles. The Kier molecular flexibility index (Phi) is 6.86. The molecule has 1 fully saturated rings. The highest BCUT2D eigenvalue weighted by Crippen LogP contribution is 2.29. The summed E-state index contributed by atoms with van der Waals surface area (Å²) in [5, 5.41) is 12.9. The number of anilines is 2. The molecule has 8 heteroatoms. The maximum atomic E-state index is 12.5. The highest BCUT2D eigenvalue weighted by molar-refractivity contribution is 6.36. The Balaban J connectivity index is 1.65. The second kappa shape index (κ2) is 9.55. The molecule has 0 radical (unpaired) electrons. The fourth-order valence-electron chi connectivity index (χ4n) is 3.08. The van der Waals surface area contributed by atoms with Crippen LogP contribution in [0.5, 0.6) is 5.75 Å². The van der Waals surface area contributed by atoms with Gasteiger partial charge in [0, 0.05) is 37.4 Å². The fourth-order valence-corrected chi connectivity index (χ4v) is 3.54. The number of nitriles is 1. The van der Waals surface area contributed by atoms with Gasteiger partial charge in [-0.15, -0.1) is 0 Å². The van der Waals surface area contributed by atoms with Crippen LogP contribution in [0.25, 0.3) is 0 Å². The Morgan fingerprint density at radius 3 is 2.55 bits per heavy atom. The number of rotatable bonds is 5. The number of nitrogens with zero attached hydrogens (tertiary/aromatic N) is 3. The fraction of sp³-hybridized carbons (Fsp3) is 0.238. The first kappa shape index (κ1) is 20.8. The van der Waals surface area contributed by atoms with Crippen LogP contribution in [0.2, 0.25) is 10.0 Å². The van der Waals surface area contributed by atoms with E-state index in [4.69, 9.17) is 27.9 Å². The van der Waals surface area contributed by atoms with Crippen molar-refractivity contribution < 1.29 is 9.53 Å². The molecule has 0 bridgehead atoms. The molecule has 1 saturated heterocycles. The van der Waals surface area contributed by atoms with Gasteiger partial charge in [0.25, 0.3) is 5.91 Å². The van der Waals surface area contributed by atoms with Crippen LogP contribution in [0.1, 0.15) is 0 Å². The smallest absolute Gasteiger partial charge is 0.267 e. The molecule has 1 aliphatic rings. The van der Waals surface area contributed by atoms with Crippen LogP contribution < -0.4 is 15.0 Å². The molecule has 0 spiro atoms. The minimum Gasteiger partial charge on any atom is -0.495 e. The molecule has 3 rings (SSSR count). The Morgan fingerprint density at radius 2 is 1.90 bits per heavy atom. The molecule has 2 aromatic rings. The van der Waals surface area contributed by atoms with E-state index in [0.29, 0.717) is 28.8 Å². The summed E-state index contributed by atoms with van der Waals surface area (Å²) < 4.78 is 5.43. The maximum Gasteiger partial charge on any atom is 0.267 e. The monoisotopic (exact) mass is 430 g/mol. The van der Waals surface area contributed by atoms with E-state index >= 15 is 0 Å². The van der Waals surface area contributed by atoms with Crippen molar-refractivity contribution in [2.45, 2.75) is 0 Å². The van der Waals surface area contributed by atoms with E-state index in [1.807, 2.05) is 35.2 Å². The van der Waals surface area contributed by atoms with Crippen molar-refractivity contribution in [3.63, 3.8) is 0 Å². The summed E-state index contributed by atoms with van der Waals surface area (Å²) in [6.45, 7) is 2.86. The van der Waals surface area contributed by atoms with Gasteiger partial charge in [-0.25, -0.2) is 0 Å². The topological polar surface area (TPSA) is 68.6 Å². The molecule has 1 amide bonds. The lowest BCUT2D eigenvalue weighted by Gasteiger charge is -2.36. The first-order chi connectivity index (χ1) is 14.0.